The second kappa shape index (κ2) is 8.45. The number of ether oxygens (including phenoxy) is 2. The van der Waals surface area contributed by atoms with E-state index in [0.717, 1.165) is 11.1 Å². The summed E-state index contributed by atoms with van der Waals surface area (Å²) in [6, 6.07) is 12.5. The van der Waals surface area contributed by atoms with E-state index in [1.54, 1.807) is 26.4 Å². The first-order valence-corrected chi connectivity index (χ1v) is 7.92. The van der Waals surface area contributed by atoms with Gasteiger partial charge in [0, 0.05) is 11.6 Å². The van der Waals surface area contributed by atoms with Gasteiger partial charge in [-0.15, -0.1) is 0 Å². The molecule has 0 aliphatic heterocycles. The summed E-state index contributed by atoms with van der Waals surface area (Å²) in [5.74, 6) is 1.28. The fourth-order valence-corrected chi connectivity index (χ4v) is 2.62. The monoisotopic (exact) mass is 348 g/mol. The number of carbonyl (C=O) groups is 1. The van der Waals surface area contributed by atoms with Crippen molar-refractivity contribution in [3.8, 4) is 11.5 Å². The van der Waals surface area contributed by atoms with Crippen molar-refractivity contribution in [1.82, 2.24) is 10.6 Å². The molecule has 0 aliphatic carbocycles. The van der Waals surface area contributed by atoms with Gasteiger partial charge in [-0.3, -0.25) is 0 Å². The molecule has 128 valence electrons. The second-order valence-electron chi connectivity index (χ2n) is 5.26. The Morgan fingerprint density at radius 2 is 1.83 bits per heavy atom. The number of amides is 2. The summed E-state index contributed by atoms with van der Waals surface area (Å²) < 4.78 is 10.4. The lowest BCUT2D eigenvalue weighted by Crippen LogP contribution is -2.36. The van der Waals surface area contributed by atoms with Crippen molar-refractivity contribution in [3.05, 3.63) is 58.6 Å². The topological polar surface area (TPSA) is 59.6 Å². The van der Waals surface area contributed by atoms with Crippen molar-refractivity contribution in [3.63, 3.8) is 0 Å². The van der Waals surface area contributed by atoms with E-state index in [-0.39, 0.29) is 12.1 Å². The molecule has 5 nitrogen and oxygen atoms in total. The number of rotatable bonds is 6. The molecule has 2 aromatic rings. The predicted octanol–water partition coefficient (Wildman–Crippen LogP) is 3.92. The molecule has 2 rings (SSSR count). The van der Waals surface area contributed by atoms with E-state index in [1.807, 2.05) is 37.3 Å². The summed E-state index contributed by atoms with van der Waals surface area (Å²) in [4.78, 5) is 12.1. The maximum Gasteiger partial charge on any atom is 0.315 e. The summed E-state index contributed by atoms with van der Waals surface area (Å²) in [7, 11) is 3.16. The standard InChI is InChI=1S/C18H21ClN2O3/c1-12(14-6-4-5-7-15(14)19)21-18(22)20-11-13-8-9-16(23-2)17(10-13)24-3/h4-10,12H,11H2,1-3H3,(H2,20,21,22). The number of carbonyl (C=O) groups excluding carboxylic acids is 1. The van der Waals surface area contributed by atoms with Gasteiger partial charge in [0.05, 0.1) is 20.3 Å². The highest BCUT2D eigenvalue weighted by molar-refractivity contribution is 6.31. The fourth-order valence-electron chi connectivity index (χ4n) is 2.32. The first-order valence-electron chi connectivity index (χ1n) is 7.55. The number of benzene rings is 2. The maximum atomic E-state index is 12.1. The zero-order valence-corrected chi connectivity index (χ0v) is 14.7. The molecule has 0 bridgehead atoms. The summed E-state index contributed by atoms with van der Waals surface area (Å²) in [5, 5.41) is 6.32. The van der Waals surface area contributed by atoms with E-state index >= 15 is 0 Å². The Bertz CT molecular complexity index is 706. The molecule has 0 spiro atoms. The van der Waals surface area contributed by atoms with E-state index in [1.165, 1.54) is 0 Å². The third-order valence-electron chi connectivity index (χ3n) is 3.62. The summed E-state index contributed by atoms with van der Waals surface area (Å²) in [6.07, 6.45) is 0. The largest absolute Gasteiger partial charge is 0.493 e. The highest BCUT2D eigenvalue weighted by Gasteiger charge is 2.12. The minimum absolute atomic E-state index is 0.191. The Morgan fingerprint density at radius 1 is 1.12 bits per heavy atom. The van der Waals surface area contributed by atoms with Crippen LogP contribution in [0.25, 0.3) is 0 Å². The van der Waals surface area contributed by atoms with Crippen LogP contribution < -0.4 is 20.1 Å². The van der Waals surface area contributed by atoms with Crippen LogP contribution in [0.4, 0.5) is 4.79 Å². The Balaban J connectivity index is 1.92. The molecule has 0 radical (unpaired) electrons. The van der Waals surface area contributed by atoms with Crippen LogP contribution in [-0.2, 0) is 6.54 Å². The van der Waals surface area contributed by atoms with Gasteiger partial charge in [-0.05, 0) is 36.2 Å². The zero-order valence-electron chi connectivity index (χ0n) is 13.9. The third kappa shape index (κ3) is 4.55. The van der Waals surface area contributed by atoms with Gasteiger partial charge in [0.1, 0.15) is 0 Å². The average molecular weight is 349 g/mol. The van der Waals surface area contributed by atoms with E-state index in [2.05, 4.69) is 10.6 Å². The number of hydrogen-bond acceptors (Lipinski definition) is 3. The SMILES string of the molecule is COc1ccc(CNC(=O)NC(C)c2ccccc2Cl)cc1OC. The van der Waals surface area contributed by atoms with Crippen LogP contribution in [0.3, 0.4) is 0 Å². The van der Waals surface area contributed by atoms with Crippen molar-refractivity contribution in [1.29, 1.82) is 0 Å². The molecule has 1 atom stereocenters. The molecule has 1 unspecified atom stereocenters. The number of methoxy groups -OCH3 is 2. The van der Waals surface area contributed by atoms with Crippen molar-refractivity contribution in [2.24, 2.45) is 0 Å². The number of halogens is 1. The lowest BCUT2D eigenvalue weighted by Gasteiger charge is -2.16. The minimum atomic E-state index is -0.266. The number of hydrogen-bond donors (Lipinski definition) is 2. The molecule has 0 aromatic heterocycles. The van der Waals surface area contributed by atoms with Gasteiger partial charge in [0.2, 0.25) is 0 Å². The molecular formula is C18H21ClN2O3. The third-order valence-corrected chi connectivity index (χ3v) is 3.96. The molecule has 0 heterocycles. The van der Waals surface area contributed by atoms with Crippen LogP contribution in [0.1, 0.15) is 24.1 Å². The summed E-state index contributed by atoms with van der Waals surface area (Å²) in [6.45, 7) is 2.26. The smallest absolute Gasteiger partial charge is 0.315 e. The molecule has 24 heavy (non-hydrogen) atoms. The van der Waals surface area contributed by atoms with Gasteiger partial charge < -0.3 is 20.1 Å². The van der Waals surface area contributed by atoms with Gasteiger partial charge in [0.15, 0.2) is 11.5 Å². The molecule has 0 fully saturated rings. The molecule has 0 saturated carbocycles. The molecule has 0 aliphatic rings. The first-order chi connectivity index (χ1) is 11.5. The van der Waals surface area contributed by atoms with Crippen molar-refractivity contribution < 1.29 is 14.3 Å². The molecular weight excluding hydrogens is 328 g/mol. The normalized spacial score (nSPS) is 11.5. The highest BCUT2D eigenvalue weighted by atomic mass is 35.5. The van der Waals surface area contributed by atoms with Crippen molar-refractivity contribution in [2.75, 3.05) is 14.2 Å². The molecule has 0 saturated heterocycles. The van der Waals surface area contributed by atoms with Gasteiger partial charge in [-0.2, -0.15) is 0 Å². The van der Waals surface area contributed by atoms with E-state index in [9.17, 15) is 4.79 Å². The van der Waals surface area contributed by atoms with E-state index in [4.69, 9.17) is 21.1 Å². The van der Waals surface area contributed by atoms with E-state index in [0.29, 0.717) is 23.1 Å². The van der Waals surface area contributed by atoms with Crippen LogP contribution in [-0.4, -0.2) is 20.3 Å². The number of nitrogens with one attached hydrogen (secondary N) is 2. The fraction of sp³-hybridized carbons (Fsp3) is 0.278. The maximum absolute atomic E-state index is 12.1. The predicted molar refractivity (Wildman–Crippen MR) is 94.8 cm³/mol. The second-order valence-corrected chi connectivity index (χ2v) is 5.67. The molecule has 2 N–H and O–H groups in total. The quantitative estimate of drug-likeness (QED) is 0.831. The van der Waals surface area contributed by atoms with E-state index < -0.39 is 0 Å². The highest BCUT2D eigenvalue weighted by Crippen LogP contribution is 2.27. The first kappa shape index (κ1) is 17.9. The van der Waals surface area contributed by atoms with Crippen LogP contribution in [0, 0.1) is 0 Å². The number of urea groups is 1. The van der Waals surface area contributed by atoms with Gasteiger partial charge in [-0.25, -0.2) is 4.79 Å². The van der Waals surface area contributed by atoms with Gasteiger partial charge >= 0.3 is 6.03 Å². The Morgan fingerprint density at radius 3 is 2.50 bits per heavy atom. The van der Waals surface area contributed by atoms with Crippen LogP contribution in [0.5, 0.6) is 11.5 Å². The minimum Gasteiger partial charge on any atom is -0.493 e. The van der Waals surface area contributed by atoms with Crippen molar-refractivity contribution in [2.45, 2.75) is 19.5 Å². The molecule has 6 heteroatoms. The van der Waals surface area contributed by atoms with Crippen LogP contribution in [0.15, 0.2) is 42.5 Å². The lowest BCUT2D eigenvalue weighted by atomic mass is 10.1. The summed E-state index contributed by atoms with van der Waals surface area (Å²) in [5.41, 5.74) is 1.79. The Hall–Kier alpha value is -2.40. The summed E-state index contributed by atoms with van der Waals surface area (Å²) >= 11 is 6.14. The van der Waals surface area contributed by atoms with Gasteiger partial charge in [0.25, 0.3) is 0 Å². The molecule has 2 amide bonds. The zero-order chi connectivity index (χ0) is 17.5. The lowest BCUT2D eigenvalue weighted by molar-refractivity contribution is 0.237. The van der Waals surface area contributed by atoms with Gasteiger partial charge in [-0.1, -0.05) is 35.9 Å². The average Bonchev–Trinajstić information content (AvgIpc) is 2.59. The van der Waals surface area contributed by atoms with Crippen LogP contribution >= 0.6 is 11.6 Å². The van der Waals surface area contributed by atoms with Crippen molar-refractivity contribution >= 4 is 17.6 Å². The molecule has 2 aromatic carbocycles. The van der Waals surface area contributed by atoms with Crippen LogP contribution in [0.2, 0.25) is 5.02 Å². The Kier molecular flexibility index (Phi) is 6.32. The Labute approximate surface area is 146 Å².